The van der Waals surface area contributed by atoms with Crippen LogP contribution in [0.15, 0.2) is 58.3 Å². The van der Waals surface area contributed by atoms with Crippen LogP contribution in [0.25, 0.3) is 0 Å². The number of alkyl carbamates (subject to hydrolysis) is 1. The number of furan rings is 1. The van der Waals surface area contributed by atoms with Crippen molar-refractivity contribution in [2.45, 2.75) is 45.9 Å². The monoisotopic (exact) mass is 499 g/mol. The number of rotatable bonds is 8. The second-order valence-electron chi connectivity index (χ2n) is 8.79. The number of nitrogens with one attached hydrogen (secondary N) is 3. The minimum Gasteiger partial charge on any atom is -0.467 e. The lowest BCUT2D eigenvalue weighted by Gasteiger charge is -2.27. The van der Waals surface area contributed by atoms with Crippen LogP contribution in [-0.4, -0.2) is 42.9 Å². The van der Waals surface area contributed by atoms with Gasteiger partial charge in [-0.3, -0.25) is 0 Å². The Hall–Kier alpha value is -4.28. The van der Waals surface area contributed by atoms with Crippen LogP contribution in [0.2, 0.25) is 0 Å². The van der Waals surface area contributed by atoms with Crippen molar-refractivity contribution in [3.8, 4) is 0 Å². The van der Waals surface area contributed by atoms with Crippen molar-refractivity contribution in [2.75, 3.05) is 13.2 Å². The standard InChI is InChI=1S/C25H29N3O8/c1-5-33-22(30)19-17(27-23(31)28-20(19)18-7-6-12-34-18)14-35-21(29)16-10-8-15(9-11-16)13-26-24(32)36-25(2,3)4/h6-12,20H,5,13-14H2,1-4H3,(H,26,32)(H2,27,28,31). The van der Waals surface area contributed by atoms with Crippen LogP contribution < -0.4 is 16.0 Å². The van der Waals surface area contributed by atoms with E-state index in [2.05, 4.69) is 16.0 Å². The molecule has 1 aliphatic heterocycles. The quantitative estimate of drug-likeness (QED) is 0.370. The Kier molecular flexibility index (Phi) is 8.36. The zero-order valence-electron chi connectivity index (χ0n) is 20.5. The minimum absolute atomic E-state index is 0.0720. The molecule has 3 amide bonds. The first-order valence-corrected chi connectivity index (χ1v) is 11.3. The van der Waals surface area contributed by atoms with Crippen molar-refractivity contribution in [3.05, 3.63) is 70.8 Å². The van der Waals surface area contributed by atoms with E-state index < -0.39 is 35.7 Å². The maximum Gasteiger partial charge on any atom is 0.407 e. The van der Waals surface area contributed by atoms with E-state index in [0.29, 0.717) is 5.76 Å². The Morgan fingerprint density at radius 3 is 2.39 bits per heavy atom. The normalized spacial score (nSPS) is 15.4. The van der Waals surface area contributed by atoms with Crippen molar-refractivity contribution in [1.29, 1.82) is 0 Å². The molecule has 2 aromatic rings. The average molecular weight is 500 g/mol. The van der Waals surface area contributed by atoms with Crippen LogP contribution in [0.5, 0.6) is 0 Å². The Morgan fingerprint density at radius 1 is 1.06 bits per heavy atom. The van der Waals surface area contributed by atoms with Crippen LogP contribution in [0, 0.1) is 0 Å². The topological polar surface area (TPSA) is 145 Å². The molecule has 1 aliphatic rings. The van der Waals surface area contributed by atoms with Crippen molar-refractivity contribution in [1.82, 2.24) is 16.0 Å². The van der Waals surface area contributed by atoms with Crippen LogP contribution in [0.4, 0.5) is 9.59 Å². The lowest BCUT2D eigenvalue weighted by molar-refractivity contribution is -0.139. The molecule has 192 valence electrons. The molecule has 11 nitrogen and oxygen atoms in total. The molecule has 0 aliphatic carbocycles. The predicted octanol–water partition coefficient (Wildman–Crippen LogP) is 3.33. The highest BCUT2D eigenvalue weighted by Gasteiger charge is 2.35. The van der Waals surface area contributed by atoms with Gasteiger partial charge in [-0.1, -0.05) is 12.1 Å². The van der Waals surface area contributed by atoms with Gasteiger partial charge in [0.1, 0.15) is 24.0 Å². The number of benzene rings is 1. The minimum atomic E-state index is -0.904. The third-order valence-corrected chi connectivity index (χ3v) is 4.85. The second kappa shape index (κ2) is 11.4. The zero-order chi connectivity index (χ0) is 26.3. The third-order valence-electron chi connectivity index (χ3n) is 4.85. The molecule has 0 saturated carbocycles. The van der Waals surface area contributed by atoms with E-state index >= 15 is 0 Å². The fourth-order valence-corrected chi connectivity index (χ4v) is 3.32. The predicted molar refractivity (Wildman–Crippen MR) is 127 cm³/mol. The molecule has 0 spiro atoms. The SMILES string of the molecule is CCOC(=O)C1=C(COC(=O)c2ccc(CNC(=O)OC(C)(C)C)cc2)NC(=O)NC1c1ccco1. The Labute approximate surface area is 208 Å². The van der Waals surface area contributed by atoms with E-state index in [1.807, 2.05) is 0 Å². The van der Waals surface area contributed by atoms with E-state index in [-0.39, 0.29) is 36.6 Å². The van der Waals surface area contributed by atoms with Crippen LogP contribution in [0.3, 0.4) is 0 Å². The summed E-state index contributed by atoms with van der Waals surface area (Å²) in [5.41, 5.74) is 0.549. The number of ether oxygens (including phenoxy) is 3. The van der Waals surface area contributed by atoms with Gasteiger partial charge in [0, 0.05) is 6.54 Å². The number of esters is 2. The molecular weight excluding hydrogens is 470 g/mol. The van der Waals surface area contributed by atoms with Gasteiger partial charge in [-0.15, -0.1) is 0 Å². The van der Waals surface area contributed by atoms with Gasteiger partial charge in [-0.2, -0.15) is 0 Å². The number of amides is 3. The summed E-state index contributed by atoms with van der Waals surface area (Å²) in [5, 5.41) is 7.77. The number of carbonyl (C=O) groups excluding carboxylic acids is 4. The number of carbonyl (C=O) groups is 4. The fourth-order valence-electron chi connectivity index (χ4n) is 3.32. The molecule has 1 atom stereocenters. The largest absolute Gasteiger partial charge is 0.467 e. The average Bonchev–Trinajstić information content (AvgIpc) is 3.35. The molecule has 1 aromatic heterocycles. The van der Waals surface area contributed by atoms with E-state index in [4.69, 9.17) is 18.6 Å². The van der Waals surface area contributed by atoms with Crippen molar-refractivity contribution in [2.24, 2.45) is 0 Å². The lowest BCUT2D eigenvalue weighted by Crippen LogP contribution is -2.47. The highest BCUT2D eigenvalue weighted by Crippen LogP contribution is 2.28. The summed E-state index contributed by atoms with van der Waals surface area (Å²) in [6.45, 7) is 6.92. The summed E-state index contributed by atoms with van der Waals surface area (Å²) < 4.78 is 21.1. The molecule has 1 aromatic carbocycles. The first kappa shape index (κ1) is 26.3. The van der Waals surface area contributed by atoms with E-state index in [1.54, 1.807) is 64.1 Å². The highest BCUT2D eigenvalue weighted by molar-refractivity contribution is 5.95. The molecule has 0 saturated heterocycles. The first-order chi connectivity index (χ1) is 17.1. The number of hydrogen-bond acceptors (Lipinski definition) is 8. The van der Waals surface area contributed by atoms with E-state index in [1.165, 1.54) is 6.26 Å². The lowest BCUT2D eigenvalue weighted by atomic mass is 10.0. The Morgan fingerprint density at radius 2 is 1.78 bits per heavy atom. The fraction of sp³-hybridized carbons (Fsp3) is 0.360. The Balaban J connectivity index is 1.68. The summed E-state index contributed by atoms with van der Waals surface area (Å²) in [6, 6.07) is 8.16. The molecule has 3 N–H and O–H groups in total. The van der Waals surface area contributed by atoms with Gasteiger partial charge in [-0.25, -0.2) is 19.2 Å². The maximum atomic E-state index is 12.7. The molecule has 0 radical (unpaired) electrons. The molecular formula is C25H29N3O8. The smallest absolute Gasteiger partial charge is 0.407 e. The van der Waals surface area contributed by atoms with Gasteiger partial charge < -0.3 is 34.6 Å². The molecule has 0 fully saturated rings. The van der Waals surface area contributed by atoms with Gasteiger partial charge in [0.25, 0.3) is 0 Å². The van der Waals surface area contributed by atoms with Gasteiger partial charge in [0.05, 0.1) is 29.7 Å². The van der Waals surface area contributed by atoms with Gasteiger partial charge in [0.15, 0.2) is 0 Å². The molecule has 3 rings (SSSR count). The second-order valence-corrected chi connectivity index (χ2v) is 8.79. The van der Waals surface area contributed by atoms with Crippen LogP contribution >= 0.6 is 0 Å². The molecule has 11 heteroatoms. The van der Waals surface area contributed by atoms with E-state index in [9.17, 15) is 19.2 Å². The summed E-state index contributed by atoms with van der Waals surface area (Å²) in [5.74, 6) is -1.02. The summed E-state index contributed by atoms with van der Waals surface area (Å²) in [7, 11) is 0. The Bertz CT molecular complexity index is 1130. The van der Waals surface area contributed by atoms with Crippen LogP contribution in [-0.2, 0) is 25.5 Å². The van der Waals surface area contributed by atoms with Crippen LogP contribution in [0.1, 0.15) is 55.4 Å². The number of urea groups is 1. The summed E-state index contributed by atoms with van der Waals surface area (Å²) >= 11 is 0. The third kappa shape index (κ3) is 7.11. The van der Waals surface area contributed by atoms with Crippen molar-refractivity contribution < 1.29 is 37.8 Å². The number of hydrogen-bond donors (Lipinski definition) is 3. The zero-order valence-corrected chi connectivity index (χ0v) is 20.5. The summed E-state index contributed by atoms with van der Waals surface area (Å²) in [6.07, 6.45) is 0.868. The van der Waals surface area contributed by atoms with Gasteiger partial charge >= 0.3 is 24.1 Å². The van der Waals surface area contributed by atoms with Gasteiger partial charge in [-0.05, 0) is 57.5 Å². The molecule has 2 heterocycles. The first-order valence-electron chi connectivity index (χ1n) is 11.3. The molecule has 0 bridgehead atoms. The maximum absolute atomic E-state index is 12.7. The highest BCUT2D eigenvalue weighted by atomic mass is 16.6. The summed E-state index contributed by atoms with van der Waals surface area (Å²) in [4.78, 5) is 49.3. The van der Waals surface area contributed by atoms with Crippen molar-refractivity contribution in [3.63, 3.8) is 0 Å². The van der Waals surface area contributed by atoms with E-state index in [0.717, 1.165) is 5.56 Å². The molecule has 1 unspecified atom stereocenters. The molecule has 36 heavy (non-hydrogen) atoms. The van der Waals surface area contributed by atoms with Gasteiger partial charge in [0.2, 0.25) is 0 Å². The van der Waals surface area contributed by atoms with Crippen molar-refractivity contribution >= 4 is 24.1 Å².